The standard InChI is InChI=1S/C10H13NO/c11-9-8-7(2-6-12-8)1-3-10(9)4-5-10/h2,6,9H,1,3-5,11H2. The fourth-order valence-corrected chi connectivity index (χ4v) is 2.37. The van der Waals surface area contributed by atoms with Crippen LogP contribution in [0, 0.1) is 5.41 Å². The van der Waals surface area contributed by atoms with Crippen molar-refractivity contribution in [3.63, 3.8) is 0 Å². The van der Waals surface area contributed by atoms with Crippen LogP contribution in [-0.4, -0.2) is 0 Å². The Morgan fingerprint density at radius 2 is 2.25 bits per heavy atom. The van der Waals surface area contributed by atoms with E-state index in [1.165, 1.54) is 31.2 Å². The van der Waals surface area contributed by atoms with Crippen LogP contribution in [0.2, 0.25) is 0 Å². The van der Waals surface area contributed by atoms with E-state index in [2.05, 4.69) is 6.07 Å². The summed E-state index contributed by atoms with van der Waals surface area (Å²) < 4.78 is 5.42. The molecule has 1 unspecified atom stereocenters. The van der Waals surface area contributed by atoms with Gasteiger partial charge in [-0.2, -0.15) is 0 Å². The first kappa shape index (κ1) is 6.72. The molecule has 1 aromatic heterocycles. The number of aryl methyl sites for hydroxylation is 1. The topological polar surface area (TPSA) is 39.2 Å². The molecule has 64 valence electrons. The minimum Gasteiger partial charge on any atom is -0.467 e. The number of fused-ring (bicyclic) bond motifs is 1. The van der Waals surface area contributed by atoms with Crippen LogP contribution in [0.1, 0.15) is 36.6 Å². The zero-order valence-electron chi connectivity index (χ0n) is 7.05. The van der Waals surface area contributed by atoms with Gasteiger partial charge in [-0.1, -0.05) is 0 Å². The summed E-state index contributed by atoms with van der Waals surface area (Å²) in [4.78, 5) is 0. The van der Waals surface area contributed by atoms with Crippen LogP contribution in [0.25, 0.3) is 0 Å². The fraction of sp³-hybridized carbons (Fsp3) is 0.600. The Morgan fingerprint density at radius 3 is 3.00 bits per heavy atom. The Balaban J connectivity index is 2.07. The van der Waals surface area contributed by atoms with Gasteiger partial charge in [-0.3, -0.25) is 0 Å². The predicted molar refractivity (Wildman–Crippen MR) is 45.6 cm³/mol. The van der Waals surface area contributed by atoms with Gasteiger partial charge in [0.2, 0.25) is 0 Å². The van der Waals surface area contributed by atoms with E-state index < -0.39 is 0 Å². The lowest BCUT2D eigenvalue weighted by molar-refractivity contribution is 0.301. The maximum Gasteiger partial charge on any atom is 0.124 e. The lowest BCUT2D eigenvalue weighted by Gasteiger charge is -2.27. The van der Waals surface area contributed by atoms with Gasteiger partial charge in [-0.25, -0.2) is 0 Å². The van der Waals surface area contributed by atoms with Crippen molar-refractivity contribution < 1.29 is 4.42 Å². The molecular weight excluding hydrogens is 150 g/mol. The number of hydrogen-bond acceptors (Lipinski definition) is 2. The summed E-state index contributed by atoms with van der Waals surface area (Å²) in [5, 5.41) is 0. The van der Waals surface area contributed by atoms with Crippen LogP contribution >= 0.6 is 0 Å². The Morgan fingerprint density at radius 1 is 1.42 bits per heavy atom. The molecule has 1 atom stereocenters. The van der Waals surface area contributed by atoms with Crippen LogP contribution < -0.4 is 5.73 Å². The third kappa shape index (κ3) is 0.686. The molecule has 0 bridgehead atoms. The highest BCUT2D eigenvalue weighted by molar-refractivity contribution is 5.28. The van der Waals surface area contributed by atoms with E-state index in [-0.39, 0.29) is 6.04 Å². The second-order valence-electron chi connectivity index (χ2n) is 4.15. The Labute approximate surface area is 71.7 Å². The first-order valence-electron chi connectivity index (χ1n) is 4.64. The quantitative estimate of drug-likeness (QED) is 0.635. The lowest BCUT2D eigenvalue weighted by atomic mass is 9.82. The molecule has 0 radical (unpaired) electrons. The molecule has 0 amide bonds. The Hall–Kier alpha value is -0.760. The highest BCUT2D eigenvalue weighted by Crippen LogP contribution is 2.59. The van der Waals surface area contributed by atoms with E-state index in [1.807, 2.05) is 0 Å². The number of furan rings is 1. The molecule has 1 heterocycles. The molecule has 2 heteroatoms. The molecule has 2 nitrogen and oxygen atoms in total. The zero-order valence-corrected chi connectivity index (χ0v) is 7.05. The first-order valence-corrected chi connectivity index (χ1v) is 4.64. The molecule has 3 rings (SSSR count). The summed E-state index contributed by atoms with van der Waals surface area (Å²) in [6.45, 7) is 0. The first-order chi connectivity index (χ1) is 5.82. The molecule has 2 N–H and O–H groups in total. The van der Waals surface area contributed by atoms with Crippen LogP contribution in [0.4, 0.5) is 0 Å². The van der Waals surface area contributed by atoms with Crippen LogP contribution in [0.5, 0.6) is 0 Å². The van der Waals surface area contributed by atoms with Gasteiger partial charge in [0.1, 0.15) is 5.76 Å². The summed E-state index contributed by atoms with van der Waals surface area (Å²) in [7, 11) is 0. The minimum absolute atomic E-state index is 0.177. The van der Waals surface area contributed by atoms with Crippen molar-refractivity contribution in [3.05, 3.63) is 23.7 Å². The second kappa shape index (κ2) is 1.94. The summed E-state index contributed by atoms with van der Waals surface area (Å²) >= 11 is 0. The van der Waals surface area contributed by atoms with Gasteiger partial charge in [0.05, 0.1) is 12.3 Å². The molecular formula is C10H13NO. The SMILES string of the molecule is NC1c2occc2CCC12CC2. The Bertz CT molecular complexity index is 311. The summed E-state index contributed by atoms with van der Waals surface area (Å²) in [6.07, 6.45) is 6.80. The van der Waals surface area contributed by atoms with Gasteiger partial charge in [0.25, 0.3) is 0 Å². The Kier molecular flexibility index (Phi) is 1.09. The van der Waals surface area contributed by atoms with Crippen molar-refractivity contribution in [3.8, 4) is 0 Å². The van der Waals surface area contributed by atoms with E-state index in [0.717, 1.165) is 5.76 Å². The zero-order chi connectivity index (χ0) is 8.18. The number of nitrogens with two attached hydrogens (primary N) is 1. The normalized spacial score (nSPS) is 30.2. The number of rotatable bonds is 0. The highest BCUT2D eigenvalue weighted by atomic mass is 16.3. The average molecular weight is 163 g/mol. The summed E-state index contributed by atoms with van der Waals surface area (Å²) in [5.41, 5.74) is 7.91. The van der Waals surface area contributed by atoms with Gasteiger partial charge < -0.3 is 10.2 Å². The summed E-state index contributed by atoms with van der Waals surface area (Å²) in [5.74, 6) is 1.05. The molecule has 1 spiro atoms. The highest BCUT2D eigenvalue weighted by Gasteiger charge is 2.51. The fourth-order valence-electron chi connectivity index (χ4n) is 2.37. The van der Waals surface area contributed by atoms with E-state index in [9.17, 15) is 0 Å². The molecule has 0 saturated heterocycles. The van der Waals surface area contributed by atoms with Gasteiger partial charge >= 0.3 is 0 Å². The lowest BCUT2D eigenvalue weighted by Crippen LogP contribution is -2.27. The van der Waals surface area contributed by atoms with Gasteiger partial charge in [-0.05, 0) is 42.7 Å². The van der Waals surface area contributed by atoms with Crippen LogP contribution in [0.3, 0.4) is 0 Å². The van der Waals surface area contributed by atoms with Crippen molar-refractivity contribution in [1.82, 2.24) is 0 Å². The maximum absolute atomic E-state index is 6.14. The van der Waals surface area contributed by atoms with Gasteiger partial charge in [-0.15, -0.1) is 0 Å². The van der Waals surface area contributed by atoms with Crippen molar-refractivity contribution in [2.45, 2.75) is 31.7 Å². The monoisotopic (exact) mass is 163 g/mol. The molecule has 1 aromatic rings. The third-order valence-electron chi connectivity index (χ3n) is 3.51. The van der Waals surface area contributed by atoms with Crippen LogP contribution in [0.15, 0.2) is 16.7 Å². The van der Waals surface area contributed by atoms with Crippen molar-refractivity contribution in [2.24, 2.45) is 11.1 Å². The molecule has 2 aliphatic rings. The molecule has 0 aliphatic heterocycles. The van der Waals surface area contributed by atoms with E-state index >= 15 is 0 Å². The van der Waals surface area contributed by atoms with E-state index in [0.29, 0.717) is 5.41 Å². The average Bonchev–Trinajstić information content (AvgIpc) is 2.69. The van der Waals surface area contributed by atoms with E-state index in [1.54, 1.807) is 6.26 Å². The van der Waals surface area contributed by atoms with Gasteiger partial charge in [0, 0.05) is 0 Å². The molecule has 1 saturated carbocycles. The number of hydrogen-bond donors (Lipinski definition) is 1. The molecule has 12 heavy (non-hydrogen) atoms. The van der Waals surface area contributed by atoms with E-state index in [4.69, 9.17) is 10.2 Å². The van der Waals surface area contributed by atoms with Gasteiger partial charge in [0.15, 0.2) is 0 Å². The van der Waals surface area contributed by atoms with Crippen LogP contribution in [-0.2, 0) is 6.42 Å². The molecule has 1 fully saturated rings. The largest absolute Gasteiger partial charge is 0.467 e. The smallest absolute Gasteiger partial charge is 0.124 e. The third-order valence-corrected chi connectivity index (χ3v) is 3.51. The van der Waals surface area contributed by atoms with Crippen molar-refractivity contribution >= 4 is 0 Å². The second-order valence-corrected chi connectivity index (χ2v) is 4.15. The molecule has 0 aromatic carbocycles. The predicted octanol–water partition coefficient (Wildman–Crippen LogP) is 2.01. The molecule has 2 aliphatic carbocycles. The maximum atomic E-state index is 6.14. The summed E-state index contributed by atoms with van der Waals surface area (Å²) in [6, 6.07) is 2.24. The van der Waals surface area contributed by atoms with Crippen molar-refractivity contribution in [2.75, 3.05) is 0 Å². The minimum atomic E-state index is 0.177. The van der Waals surface area contributed by atoms with Crippen molar-refractivity contribution in [1.29, 1.82) is 0 Å².